The van der Waals surface area contributed by atoms with Gasteiger partial charge in [-0.2, -0.15) is 0 Å². The Kier molecular flexibility index (Phi) is 8.70. The SMILES string of the molecule is NCCCCC(=O)NCCOCC(N)=O. The monoisotopic (exact) mass is 217 g/mol. The van der Waals surface area contributed by atoms with Gasteiger partial charge in [-0.05, 0) is 19.4 Å². The second-order valence-electron chi connectivity index (χ2n) is 3.11. The zero-order chi connectivity index (χ0) is 11.5. The minimum atomic E-state index is -0.510. The van der Waals surface area contributed by atoms with Gasteiger partial charge in [0, 0.05) is 13.0 Å². The maximum Gasteiger partial charge on any atom is 0.243 e. The quantitative estimate of drug-likeness (QED) is 0.419. The molecular weight excluding hydrogens is 198 g/mol. The van der Waals surface area contributed by atoms with Gasteiger partial charge >= 0.3 is 0 Å². The molecule has 15 heavy (non-hydrogen) atoms. The third-order valence-corrected chi connectivity index (χ3v) is 1.67. The molecule has 0 aliphatic carbocycles. The van der Waals surface area contributed by atoms with Gasteiger partial charge in [-0.3, -0.25) is 9.59 Å². The number of carbonyl (C=O) groups is 2. The first-order chi connectivity index (χ1) is 7.16. The summed E-state index contributed by atoms with van der Waals surface area (Å²) < 4.78 is 4.86. The van der Waals surface area contributed by atoms with Crippen LogP contribution in [-0.2, 0) is 14.3 Å². The lowest BCUT2D eigenvalue weighted by Crippen LogP contribution is -2.28. The van der Waals surface area contributed by atoms with Crippen LogP contribution in [0, 0.1) is 0 Å². The molecule has 6 nitrogen and oxygen atoms in total. The lowest BCUT2D eigenvalue weighted by molar-refractivity contribution is -0.122. The van der Waals surface area contributed by atoms with Crippen LogP contribution in [0.5, 0.6) is 0 Å². The number of carbonyl (C=O) groups excluding carboxylic acids is 2. The van der Waals surface area contributed by atoms with Crippen molar-refractivity contribution in [3.05, 3.63) is 0 Å². The van der Waals surface area contributed by atoms with Crippen LogP contribution >= 0.6 is 0 Å². The standard InChI is InChI=1S/C9H19N3O3/c10-4-2-1-3-9(14)12-5-6-15-7-8(11)13/h1-7,10H2,(H2,11,13)(H,12,14). The van der Waals surface area contributed by atoms with Crippen molar-refractivity contribution in [3.63, 3.8) is 0 Å². The summed E-state index contributed by atoms with van der Waals surface area (Å²) in [6.45, 7) is 1.19. The largest absolute Gasteiger partial charge is 0.370 e. The molecule has 0 heterocycles. The van der Waals surface area contributed by atoms with Crippen molar-refractivity contribution in [1.82, 2.24) is 5.32 Å². The van der Waals surface area contributed by atoms with Gasteiger partial charge in [0.2, 0.25) is 11.8 Å². The van der Waals surface area contributed by atoms with Crippen molar-refractivity contribution in [3.8, 4) is 0 Å². The van der Waals surface area contributed by atoms with E-state index >= 15 is 0 Å². The van der Waals surface area contributed by atoms with E-state index < -0.39 is 5.91 Å². The molecule has 5 N–H and O–H groups in total. The second kappa shape index (κ2) is 9.42. The maximum absolute atomic E-state index is 11.1. The Bertz CT molecular complexity index is 197. The van der Waals surface area contributed by atoms with E-state index in [1.165, 1.54) is 0 Å². The van der Waals surface area contributed by atoms with Crippen molar-refractivity contribution in [1.29, 1.82) is 0 Å². The van der Waals surface area contributed by atoms with E-state index in [0.29, 0.717) is 26.1 Å². The first kappa shape index (κ1) is 13.9. The van der Waals surface area contributed by atoms with E-state index in [1.807, 2.05) is 0 Å². The number of rotatable bonds is 9. The predicted molar refractivity (Wildman–Crippen MR) is 55.9 cm³/mol. The van der Waals surface area contributed by atoms with E-state index in [1.54, 1.807) is 0 Å². The van der Waals surface area contributed by atoms with Crippen LogP contribution in [0.1, 0.15) is 19.3 Å². The van der Waals surface area contributed by atoms with Gasteiger partial charge in [0.1, 0.15) is 6.61 Å². The van der Waals surface area contributed by atoms with E-state index in [4.69, 9.17) is 16.2 Å². The number of amides is 2. The Morgan fingerprint density at radius 2 is 2.00 bits per heavy atom. The Morgan fingerprint density at radius 3 is 2.60 bits per heavy atom. The van der Waals surface area contributed by atoms with Crippen molar-refractivity contribution in [2.24, 2.45) is 11.5 Å². The fourth-order valence-corrected chi connectivity index (χ4v) is 0.954. The summed E-state index contributed by atoms with van der Waals surface area (Å²) in [5.74, 6) is -0.532. The summed E-state index contributed by atoms with van der Waals surface area (Å²) in [6, 6.07) is 0. The molecule has 0 aromatic heterocycles. The summed E-state index contributed by atoms with van der Waals surface area (Å²) in [5, 5.41) is 2.66. The molecule has 0 aliphatic rings. The third-order valence-electron chi connectivity index (χ3n) is 1.67. The Hall–Kier alpha value is -1.14. The molecule has 0 aromatic rings. The summed E-state index contributed by atoms with van der Waals surface area (Å²) in [4.78, 5) is 21.4. The lowest BCUT2D eigenvalue weighted by Gasteiger charge is -2.04. The highest BCUT2D eigenvalue weighted by molar-refractivity contribution is 5.76. The van der Waals surface area contributed by atoms with Crippen molar-refractivity contribution in [2.45, 2.75) is 19.3 Å². The number of unbranched alkanes of at least 4 members (excludes halogenated alkanes) is 1. The highest BCUT2D eigenvalue weighted by Gasteiger charge is 1.99. The fraction of sp³-hybridized carbons (Fsp3) is 0.778. The summed E-state index contributed by atoms with van der Waals surface area (Å²) in [7, 11) is 0. The molecule has 0 rings (SSSR count). The maximum atomic E-state index is 11.1. The van der Waals surface area contributed by atoms with Gasteiger partial charge in [-0.15, -0.1) is 0 Å². The predicted octanol–water partition coefficient (Wildman–Crippen LogP) is -1.27. The molecule has 0 unspecified atom stereocenters. The van der Waals surface area contributed by atoms with E-state index in [0.717, 1.165) is 12.8 Å². The van der Waals surface area contributed by atoms with Crippen LogP contribution in [0.2, 0.25) is 0 Å². The van der Waals surface area contributed by atoms with Crippen molar-refractivity contribution >= 4 is 11.8 Å². The van der Waals surface area contributed by atoms with Crippen LogP contribution in [0.4, 0.5) is 0 Å². The Morgan fingerprint density at radius 1 is 1.27 bits per heavy atom. The molecule has 0 radical (unpaired) electrons. The topological polar surface area (TPSA) is 107 Å². The number of ether oxygens (including phenoxy) is 1. The lowest BCUT2D eigenvalue weighted by atomic mass is 10.2. The van der Waals surface area contributed by atoms with Crippen LogP contribution in [0.25, 0.3) is 0 Å². The molecular formula is C9H19N3O3. The van der Waals surface area contributed by atoms with Crippen LogP contribution in [0.3, 0.4) is 0 Å². The number of nitrogens with one attached hydrogen (secondary N) is 1. The molecule has 6 heteroatoms. The average Bonchev–Trinajstić information content (AvgIpc) is 2.17. The van der Waals surface area contributed by atoms with Crippen molar-refractivity contribution in [2.75, 3.05) is 26.3 Å². The van der Waals surface area contributed by atoms with Gasteiger partial charge in [0.25, 0.3) is 0 Å². The fourth-order valence-electron chi connectivity index (χ4n) is 0.954. The molecule has 0 atom stereocenters. The average molecular weight is 217 g/mol. The molecule has 0 fully saturated rings. The van der Waals surface area contributed by atoms with E-state index in [-0.39, 0.29) is 12.5 Å². The smallest absolute Gasteiger partial charge is 0.243 e. The number of primary amides is 1. The molecule has 0 saturated heterocycles. The van der Waals surface area contributed by atoms with Crippen LogP contribution < -0.4 is 16.8 Å². The van der Waals surface area contributed by atoms with Gasteiger partial charge in [-0.25, -0.2) is 0 Å². The van der Waals surface area contributed by atoms with E-state index in [2.05, 4.69) is 5.32 Å². The van der Waals surface area contributed by atoms with Crippen molar-refractivity contribution < 1.29 is 14.3 Å². The van der Waals surface area contributed by atoms with Crippen LogP contribution in [-0.4, -0.2) is 38.1 Å². The molecule has 0 bridgehead atoms. The normalized spacial score (nSPS) is 9.93. The number of nitrogens with two attached hydrogens (primary N) is 2. The summed E-state index contributed by atoms with van der Waals surface area (Å²) >= 11 is 0. The van der Waals surface area contributed by atoms with Gasteiger partial charge < -0.3 is 21.5 Å². The summed E-state index contributed by atoms with van der Waals surface area (Å²) in [6.07, 6.45) is 2.13. The Balaban J connectivity index is 3.20. The second-order valence-corrected chi connectivity index (χ2v) is 3.11. The first-order valence-electron chi connectivity index (χ1n) is 4.99. The van der Waals surface area contributed by atoms with Gasteiger partial charge in [0.15, 0.2) is 0 Å². The van der Waals surface area contributed by atoms with Gasteiger partial charge in [-0.1, -0.05) is 0 Å². The highest BCUT2D eigenvalue weighted by atomic mass is 16.5. The molecule has 0 aliphatic heterocycles. The van der Waals surface area contributed by atoms with Gasteiger partial charge in [0.05, 0.1) is 6.61 Å². The molecule has 0 spiro atoms. The minimum absolute atomic E-state index is 0.0221. The third kappa shape index (κ3) is 10.8. The molecule has 2 amide bonds. The van der Waals surface area contributed by atoms with Crippen LogP contribution in [0.15, 0.2) is 0 Å². The minimum Gasteiger partial charge on any atom is -0.370 e. The summed E-state index contributed by atoms with van der Waals surface area (Å²) in [5.41, 5.74) is 10.1. The number of hydrogen-bond acceptors (Lipinski definition) is 4. The zero-order valence-electron chi connectivity index (χ0n) is 8.83. The molecule has 0 saturated carbocycles. The first-order valence-corrected chi connectivity index (χ1v) is 4.99. The number of hydrogen-bond donors (Lipinski definition) is 3. The van der Waals surface area contributed by atoms with E-state index in [9.17, 15) is 9.59 Å². The Labute approximate surface area is 89.3 Å². The zero-order valence-corrected chi connectivity index (χ0v) is 8.83. The molecule has 88 valence electrons. The molecule has 0 aromatic carbocycles. The highest BCUT2D eigenvalue weighted by Crippen LogP contribution is 1.92.